The van der Waals surface area contributed by atoms with E-state index in [9.17, 15) is 0 Å². The quantitative estimate of drug-likeness (QED) is 0.404. The molecule has 1 fully saturated rings. The number of nitrogens with two attached hydrogens (primary N) is 1. The molecule has 0 saturated carbocycles. The van der Waals surface area contributed by atoms with Gasteiger partial charge in [0.15, 0.2) is 0 Å². The Kier molecular flexibility index (Phi) is 11.2. The van der Waals surface area contributed by atoms with Gasteiger partial charge in [-0.3, -0.25) is 4.90 Å². The van der Waals surface area contributed by atoms with Crippen LogP contribution in [0.4, 0.5) is 0 Å². The maximum atomic E-state index is 6.67. The van der Waals surface area contributed by atoms with Crippen LogP contribution in [-0.4, -0.2) is 29.6 Å². The van der Waals surface area contributed by atoms with E-state index in [-0.39, 0.29) is 5.54 Å². The summed E-state index contributed by atoms with van der Waals surface area (Å²) in [6.45, 7) is 9.38. The van der Waals surface area contributed by atoms with Gasteiger partial charge in [-0.05, 0) is 45.2 Å². The second-order valence-electron chi connectivity index (χ2n) is 7.82. The van der Waals surface area contributed by atoms with Gasteiger partial charge in [-0.15, -0.1) is 0 Å². The van der Waals surface area contributed by atoms with Crippen LogP contribution in [0.25, 0.3) is 0 Å². The second-order valence-corrected chi connectivity index (χ2v) is 7.82. The van der Waals surface area contributed by atoms with Crippen LogP contribution in [0.15, 0.2) is 0 Å². The van der Waals surface area contributed by atoms with E-state index in [1.165, 1.54) is 90.1 Å². The smallest absolute Gasteiger partial charge is 0.0306 e. The average Bonchev–Trinajstić information content (AvgIpc) is 3.05. The molecule has 1 aliphatic heterocycles. The number of hydrogen-bond acceptors (Lipinski definition) is 2. The average molecular weight is 325 g/mol. The third-order valence-corrected chi connectivity index (χ3v) is 6.14. The molecule has 1 saturated heterocycles. The molecule has 0 aliphatic carbocycles. The number of hydrogen-bond donors (Lipinski definition) is 1. The van der Waals surface area contributed by atoms with Crippen molar-refractivity contribution in [3.63, 3.8) is 0 Å². The lowest BCUT2D eigenvalue weighted by Gasteiger charge is -2.39. The Morgan fingerprint density at radius 1 is 0.826 bits per heavy atom. The summed E-state index contributed by atoms with van der Waals surface area (Å²) < 4.78 is 0. The molecule has 1 aliphatic rings. The highest BCUT2D eigenvalue weighted by Crippen LogP contribution is 2.30. The highest BCUT2D eigenvalue weighted by atomic mass is 15.2. The highest BCUT2D eigenvalue weighted by Gasteiger charge is 2.38. The Bertz CT molecular complexity index is 273. The van der Waals surface area contributed by atoms with Crippen molar-refractivity contribution in [3.8, 4) is 0 Å². The topological polar surface area (TPSA) is 29.3 Å². The molecule has 138 valence electrons. The Morgan fingerprint density at radius 3 is 1.87 bits per heavy atom. The monoisotopic (exact) mass is 324 g/mol. The molecule has 2 heteroatoms. The van der Waals surface area contributed by atoms with Gasteiger partial charge in [-0.1, -0.05) is 78.6 Å². The van der Waals surface area contributed by atoms with E-state index in [0.717, 1.165) is 12.8 Å². The van der Waals surface area contributed by atoms with Crippen molar-refractivity contribution in [2.45, 2.75) is 122 Å². The van der Waals surface area contributed by atoms with Gasteiger partial charge in [0, 0.05) is 11.6 Å². The van der Waals surface area contributed by atoms with Crippen LogP contribution in [0, 0.1) is 0 Å². The van der Waals surface area contributed by atoms with E-state index in [4.69, 9.17) is 5.73 Å². The molecule has 0 bridgehead atoms. The summed E-state index contributed by atoms with van der Waals surface area (Å²) in [5, 5.41) is 0. The molecule has 1 atom stereocenters. The van der Waals surface area contributed by atoms with E-state index in [2.05, 4.69) is 25.7 Å². The van der Waals surface area contributed by atoms with Crippen LogP contribution in [0.3, 0.4) is 0 Å². The minimum absolute atomic E-state index is 0.0506. The zero-order valence-corrected chi connectivity index (χ0v) is 16.4. The molecule has 0 spiro atoms. The molecule has 1 rings (SSSR count). The lowest BCUT2D eigenvalue weighted by Crippen LogP contribution is -2.55. The van der Waals surface area contributed by atoms with Crippen molar-refractivity contribution in [1.29, 1.82) is 0 Å². The van der Waals surface area contributed by atoms with Crippen LogP contribution in [0.1, 0.15) is 111 Å². The van der Waals surface area contributed by atoms with Crippen molar-refractivity contribution in [2.75, 3.05) is 13.1 Å². The van der Waals surface area contributed by atoms with Gasteiger partial charge in [0.05, 0.1) is 0 Å². The van der Waals surface area contributed by atoms with Crippen molar-refractivity contribution in [1.82, 2.24) is 4.90 Å². The SMILES string of the molecule is CCCCCCCCCCCCN1CCCC1C(N)(CC)CC. The van der Waals surface area contributed by atoms with E-state index in [0.29, 0.717) is 6.04 Å². The fourth-order valence-electron chi connectivity index (χ4n) is 4.27. The Morgan fingerprint density at radius 2 is 1.35 bits per heavy atom. The Hall–Kier alpha value is -0.0800. The van der Waals surface area contributed by atoms with Crippen LogP contribution in [0.5, 0.6) is 0 Å². The first-order valence-corrected chi connectivity index (χ1v) is 10.7. The number of rotatable bonds is 14. The fraction of sp³-hybridized carbons (Fsp3) is 1.00. The highest BCUT2D eigenvalue weighted by molar-refractivity contribution is 4.98. The van der Waals surface area contributed by atoms with Gasteiger partial charge in [-0.2, -0.15) is 0 Å². The minimum Gasteiger partial charge on any atom is -0.324 e. The first kappa shape index (κ1) is 21.0. The molecule has 2 N–H and O–H groups in total. The van der Waals surface area contributed by atoms with Crippen LogP contribution in [-0.2, 0) is 0 Å². The summed E-state index contributed by atoms with van der Waals surface area (Å²) >= 11 is 0. The summed E-state index contributed by atoms with van der Waals surface area (Å²) in [5.74, 6) is 0. The fourth-order valence-corrected chi connectivity index (χ4v) is 4.27. The predicted molar refractivity (Wildman–Crippen MR) is 104 cm³/mol. The maximum Gasteiger partial charge on any atom is 0.0306 e. The summed E-state index contributed by atoms with van der Waals surface area (Å²) in [5.41, 5.74) is 6.72. The van der Waals surface area contributed by atoms with Crippen LogP contribution >= 0.6 is 0 Å². The third-order valence-electron chi connectivity index (χ3n) is 6.14. The second kappa shape index (κ2) is 12.3. The summed E-state index contributed by atoms with van der Waals surface area (Å²) in [4.78, 5) is 2.71. The van der Waals surface area contributed by atoms with Crippen molar-refractivity contribution in [2.24, 2.45) is 5.73 Å². The molecule has 0 aromatic carbocycles. The van der Waals surface area contributed by atoms with E-state index < -0.39 is 0 Å². The number of unbranched alkanes of at least 4 members (excludes halogenated alkanes) is 9. The Labute approximate surface area is 146 Å². The lowest BCUT2D eigenvalue weighted by molar-refractivity contribution is 0.150. The van der Waals surface area contributed by atoms with E-state index >= 15 is 0 Å². The van der Waals surface area contributed by atoms with E-state index in [1.807, 2.05) is 0 Å². The van der Waals surface area contributed by atoms with Gasteiger partial charge < -0.3 is 5.73 Å². The zero-order valence-electron chi connectivity index (χ0n) is 16.4. The third kappa shape index (κ3) is 7.56. The van der Waals surface area contributed by atoms with Gasteiger partial charge in [0.1, 0.15) is 0 Å². The minimum atomic E-state index is 0.0506. The standard InChI is InChI=1S/C21H44N2/c1-4-7-8-9-10-11-12-13-14-15-18-23-19-16-17-20(23)21(22,5-2)6-3/h20H,4-19,22H2,1-3H3. The molecule has 2 nitrogen and oxygen atoms in total. The molecule has 0 radical (unpaired) electrons. The summed E-state index contributed by atoms with van der Waals surface area (Å²) in [6, 6.07) is 0.635. The van der Waals surface area contributed by atoms with Crippen molar-refractivity contribution < 1.29 is 0 Å². The van der Waals surface area contributed by atoms with Crippen LogP contribution in [0.2, 0.25) is 0 Å². The first-order valence-electron chi connectivity index (χ1n) is 10.7. The van der Waals surface area contributed by atoms with Crippen molar-refractivity contribution >= 4 is 0 Å². The molecule has 0 aromatic rings. The lowest BCUT2D eigenvalue weighted by atomic mass is 9.84. The normalized spacial score (nSPS) is 19.6. The predicted octanol–water partition coefficient (Wildman–Crippen LogP) is 5.89. The van der Waals surface area contributed by atoms with Gasteiger partial charge >= 0.3 is 0 Å². The molecular formula is C21H44N2. The van der Waals surface area contributed by atoms with Gasteiger partial charge in [0.25, 0.3) is 0 Å². The maximum absolute atomic E-state index is 6.67. The van der Waals surface area contributed by atoms with E-state index in [1.54, 1.807) is 0 Å². The Balaban J connectivity index is 2.06. The first-order chi connectivity index (χ1) is 11.2. The van der Waals surface area contributed by atoms with Crippen LogP contribution < -0.4 is 5.73 Å². The van der Waals surface area contributed by atoms with Gasteiger partial charge in [0.2, 0.25) is 0 Å². The summed E-state index contributed by atoms with van der Waals surface area (Å²) in [6.07, 6.45) is 19.1. The van der Waals surface area contributed by atoms with Crippen molar-refractivity contribution in [3.05, 3.63) is 0 Å². The molecule has 23 heavy (non-hydrogen) atoms. The van der Waals surface area contributed by atoms with Gasteiger partial charge in [-0.25, -0.2) is 0 Å². The number of likely N-dealkylation sites (tertiary alicyclic amines) is 1. The molecule has 1 unspecified atom stereocenters. The zero-order chi connectivity index (χ0) is 17.0. The largest absolute Gasteiger partial charge is 0.324 e. The summed E-state index contributed by atoms with van der Waals surface area (Å²) in [7, 11) is 0. The molecule has 0 aromatic heterocycles. The molecular weight excluding hydrogens is 280 g/mol. The number of nitrogens with zero attached hydrogens (tertiary/aromatic N) is 1. The molecule has 0 amide bonds. The molecule has 1 heterocycles.